The van der Waals surface area contributed by atoms with E-state index in [4.69, 9.17) is 0 Å². The lowest BCUT2D eigenvalue weighted by molar-refractivity contribution is -0.163. The number of esters is 1. The summed E-state index contributed by atoms with van der Waals surface area (Å²) in [5, 5.41) is 0. The fraction of sp³-hybridized carbons (Fsp3) is 0.571. The van der Waals surface area contributed by atoms with E-state index in [9.17, 15) is 22.4 Å². The summed E-state index contributed by atoms with van der Waals surface area (Å²) in [6.45, 7) is 2.21. The van der Waals surface area contributed by atoms with Crippen LogP contribution in [0.5, 0.6) is 0 Å². The standard InChI is InChI=1S/C7H7BrF4O2/c1-2-5(13)14-4-3-6(9,10)7(8,11)12/h2H,1,3-4H2. The molecule has 0 amide bonds. The van der Waals surface area contributed by atoms with Crippen LogP contribution in [0.25, 0.3) is 0 Å². The molecule has 0 rings (SSSR count). The van der Waals surface area contributed by atoms with Gasteiger partial charge in [0.1, 0.15) is 0 Å². The Balaban J connectivity index is 4.01. The van der Waals surface area contributed by atoms with E-state index in [1.54, 1.807) is 15.9 Å². The van der Waals surface area contributed by atoms with Crippen LogP contribution in [-0.2, 0) is 9.53 Å². The van der Waals surface area contributed by atoms with Crippen LogP contribution in [0.1, 0.15) is 6.42 Å². The van der Waals surface area contributed by atoms with Crippen LogP contribution in [0.3, 0.4) is 0 Å². The number of hydrogen-bond donors (Lipinski definition) is 0. The minimum absolute atomic E-state index is 0.754. The highest BCUT2D eigenvalue weighted by molar-refractivity contribution is 9.10. The average Bonchev–Trinajstić information content (AvgIpc) is 2.01. The van der Waals surface area contributed by atoms with Crippen molar-refractivity contribution in [3.05, 3.63) is 12.7 Å². The van der Waals surface area contributed by atoms with Gasteiger partial charge in [-0.3, -0.25) is 0 Å². The van der Waals surface area contributed by atoms with Gasteiger partial charge in [0.25, 0.3) is 0 Å². The third-order valence-electron chi connectivity index (χ3n) is 1.24. The Morgan fingerprint density at radius 2 is 1.93 bits per heavy atom. The maximum absolute atomic E-state index is 12.5. The molecule has 0 spiro atoms. The van der Waals surface area contributed by atoms with E-state index in [0.29, 0.717) is 0 Å². The summed E-state index contributed by atoms with van der Waals surface area (Å²) in [7, 11) is 0. The molecule has 0 aromatic carbocycles. The van der Waals surface area contributed by atoms with Crippen molar-refractivity contribution in [1.82, 2.24) is 0 Å². The lowest BCUT2D eigenvalue weighted by Crippen LogP contribution is -2.36. The van der Waals surface area contributed by atoms with Crippen LogP contribution >= 0.6 is 15.9 Å². The summed E-state index contributed by atoms with van der Waals surface area (Å²) < 4.78 is 53.3. The lowest BCUT2D eigenvalue weighted by Gasteiger charge is -2.20. The molecule has 0 N–H and O–H groups in total. The van der Waals surface area contributed by atoms with E-state index in [0.717, 1.165) is 6.08 Å². The highest BCUT2D eigenvalue weighted by Gasteiger charge is 2.53. The van der Waals surface area contributed by atoms with Crippen molar-refractivity contribution in [2.24, 2.45) is 0 Å². The number of carbonyl (C=O) groups is 1. The van der Waals surface area contributed by atoms with Crippen LogP contribution in [0, 0.1) is 0 Å². The second kappa shape index (κ2) is 4.77. The first-order valence-corrected chi connectivity index (χ1v) is 4.24. The van der Waals surface area contributed by atoms with Crippen LogP contribution in [-0.4, -0.2) is 23.3 Å². The Morgan fingerprint density at radius 3 is 2.29 bits per heavy atom. The van der Waals surface area contributed by atoms with Gasteiger partial charge < -0.3 is 4.74 Å². The SMILES string of the molecule is C=CC(=O)OCCC(F)(F)C(F)(F)Br. The van der Waals surface area contributed by atoms with Crippen molar-refractivity contribution >= 4 is 21.9 Å². The normalized spacial score (nSPS) is 12.4. The molecule has 0 saturated heterocycles. The van der Waals surface area contributed by atoms with Gasteiger partial charge in [0.05, 0.1) is 13.0 Å². The second-order valence-electron chi connectivity index (χ2n) is 2.32. The summed E-state index contributed by atoms with van der Waals surface area (Å²) in [5.74, 6) is -5.19. The topological polar surface area (TPSA) is 26.3 Å². The van der Waals surface area contributed by atoms with Crippen molar-refractivity contribution in [3.8, 4) is 0 Å². The molecule has 82 valence electrons. The molecule has 0 heterocycles. The van der Waals surface area contributed by atoms with E-state index >= 15 is 0 Å². The molecule has 0 unspecified atom stereocenters. The molecule has 0 saturated carbocycles. The van der Waals surface area contributed by atoms with E-state index in [-0.39, 0.29) is 0 Å². The molecule has 2 nitrogen and oxygen atoms in total. The molecule has 0 aliphatic rings. The number of hydrogen-bond acceptors (Lipinski definition) is 2. The second-order valence-corrected chi connectivity index (χ2v) is 3.32. The molecule has 0 atom stereocenters. The molecule has 0 aliphatic carbocycles. The molecule has 0 aromatic heterocycles. The first kappa shape index (κ1) is 13.4. The Kier molecular flexibility index (Phi) is 4.57. The zero-order valence-corrected chi connectivity index (χ0v) is 8.49. The Morgan fingerprint density at radius 1 is 1.43 bits per heavy atom. The smallest absolute Gasteiger partial charge is 0.363 e. The van der Waals surface area contributed by atoms with E-state index in [1.807, 2.05) is 0 Å². The summed E-state index contributed by atoms with van der Waals surface area (Å²) in [6, 6.07) is 0. The van der Waals surface area contributed by atoms with Gasteiger partial charge in [0.15, 0.2) is 0 Å². The number of halogens is 5. The molecule has 0 aromatic rings. The van der Waals surface area contributed by atoms with Gasteiger partial charge in [-0.15, -0.1) is 0 Å². The number of alkyl halides is 5. The van der Waals surface area contributed by atoms with Gasteiger partial charge in [-0.1, -0.05) is 6.58 Å². The van der Waals surface area contributed by atoms with Crippen LogP contribution < -0.4 is 0 Å². The number of rotatable bonds is 5. The average molecular weight is 279 g/mol. The van der Waals surface area contributed by atoms with Crippen molar-refractivity contribution in [2.45, 2.75) is 17.2 Å². The highest BCUT2D eigenvalue weighted by Crippen LogP contribution is 2.41. The molecule has 0 fully saturated rings. The van der Waals surface area contributed by atoms with Gasteiger partial charge in [-0.25, -0.2) is 4.79 Å². The summed E-state index contributed by atoms with van der Waals surface area (Å²) in [4.78, 5) is 6.06. The molecule has 7 heteroatoms. The highest BCUT2D eigenvalue weighted by atomic mass is 79.9. The molecule has 0 aliphatic heterocycles. The van der Waals surface area contributed by atoms with Crippen molar-refractivity contribution < 1.29 is 27.1 Å². The van der Waals surface area contributed by atoms with E-state index in [2.05, 4.69) is 11.3 Å². The van der Waals surface area contributed by atoms with E-state index in [1.165, 1.54) is 0 Å². The van der Waals surface area contributed by atoms with E-state index < -0.39 is 29.8 Å². The largest absolute Gasteiger partial charge is 0.462 e. The summed E-state index contributed by atoms with van der Waals surface area (Å²) in [5.41, 5.74) is 0. The maximum atomic E-state index is 12.5. The first-order chi connectivity index (χ1) is 6.20. The lowest BCUT2D eigenvalue weighted by atomic mass is 10.2. The zero-order valence-electron chi connectivity index (χ0n) is 6.90. The third kappa shape index (κ3) is 4.08. The van der Waals surface area contributed by atoms with Crippen molar-refractivity contribution in [3.63, 3.8) is 0 Å². The van der Waals surface area contributed by atoms with Crippen molar-refractivity contribution in [1.29, 1.82) is 0 Å². The molecule has 14 heavy (non-hydrogen) atoms. The fourth-order valence-electron chi connectivity index (χ4n) is 0.480. The van der Waals surface area contributed by atoms with Crippen LogP contribution in [0.2, 0.25) is 0 Å². The zero-order chi connectivity index (χ0) is 11.4. The van der Waals surface area contributed by atoms with Crippen molar-refractivity contribution in [2.75, 3.05) is 6.61 Å². The minimum Gasteiger partial charge on any atom is -0.462 e. The molecular formula is C7H7BrF4O2. The number of ether oxygens (including phenoxy) is 1. The predicted octanol–water partition coefficient (Wildman–Crippen LogP) is 2.73. The van der Waals surface area contributed by atoms with Gasteiger partial charge >= 0.3 is 16.7 Å². The molecular weight excluding hydrogens is 272 g/mol. The van der Waals surface area contributed by atoms with Crippen LogP contribution in [0.15, 0.2) is 12.7 Å². The van der Waals surface area contributed by atoms with Gasteiger partial charge in [0, 0.05) is 6.08 Å². The summed E-state index contributed by atoms with van der Waals surface area (Å²) >= 11 is 1.54. The third-order valence-corrected chi connectivity index (χ3v) is 1.82. The minimum atomic E-state index is -4.30. The quantitative estimate of drug-likeness (QED) is 0.335. The van der Waals surface area contributed by atoms with Gasteiger partial charge in [-0.2, -0.15) is 17.6 Å². The maximum Gasteiger partial charge on any atom is 0.363 e. The fourth-order valence-corrected chi connectivity index (χ4v) is 0.679. The molecule has 0 radical (unpaired) electrons. The first-order valence-electron chi connectivity index (χ1n) is 3.44. The monoisotopic (exact) mass is 278 g/mol. The Hall–Kier alpha value is -0.590. The summed E-state index contributed by atoms with van der Waals surface area (Å²) in [6.07, 6.45) is -0.505. The Labute approximate surface area is 86.0 Å². The number of carbonyl (C=O) groups excluding carboxylic acids is 1. The van der Waals surface area contributed by atoms with Gasteiger partial charge in [-0.05, 0) is 15.9 Å². The Bertz CT molecular complexity index is 224. The molecule has 0 bridgehead atoms. The predicted molar refractivity (Wildman–Crippen MR) is 44.6 cm³/mol. The van der Waals surface area contributed by atoms with Crippen LogP contribution in [0.4, 0.5) is 17.6 Å². The van der Waals surface area contributed by atoms with Gasteiger partial charge in [0.2, 0.25) is 0 Å².